The number of likely N-dealkylation sites (tertiary alicyclic amines) is 1. The standard InChI is InChI=1S/C32H42N2O/c1-30-14-12-26-20-25-8-9-27(33-17-4-5-18-33)21-31(25)15-16-32(26,35-31)28(30)10-11-29(30)34-19-13-23-6-2-3-7-24(23)22-34/h2-3,6-7,12,20,27-29H,4-5,8-11,13-19,21-22H2,1H3/t27-,28-,29+,30+,31?,32-/m1/s1. The quantitative estimate of drug-likeness (QED) is 0.524. The molecule has 0 aromatic heterocycles. The lowest BCUT2D eigenvalue weighted by atomic mass is 9.59. The van der Waals surface area contributed by atoms with E-state index >= 15 is 0 Å². The van der Waals surface area contributed by atoms with E-state index in [0.29, 0.717) is 17.4 Å². The molecule has 0 radical (unpaired) electrons. The zero-order valence-electron chi connectivity index (χ0n) is 21.6. The molecule has 2 saturated carbocycles. The van der Waals surface area contributed by atoms with Crippen LogP contribution in [0, 0.1) is 11.3 Å². The van der Waals surface area contributed by atoms with Crippen LogP contribution in [0.2, 0.25) is 0 Å². The zero-order valence-corrected chi connectivity index (χ0v) is 21.6. The van der Waals surface area contributed by atoms with Crippen LogP contribution in [0.5, 0.6) is 0 Å². The van der Waals surface area contributed by atoms with Gasteiger partial charge in [-0.15, -0.1) is 0 Å². The van der Waals surface area contributed by atoms with Gasteiger partial charge in [0.1, 0.15) is 0 Å². The van der Waals surface area contributed by atoms with Gasteiger partial charge in [0.05, 0.1) is 11.2 Å². The van der Waals surface area contributed by atoms with E-state index in [1.807, 2.05) is 0 Å². The Bertz CT molecular complexity index is 1100. The molecule has 0 N–H and O–H groups in total. The fraction of sp³-hybridized carbons (Fsp3) is 0.688. The fourth-order valence-corrected chi connectivity index (χ4v) is 10.2. The van der Waals surface area contributed by atoms with Crippen molar-refractivity contribution in [1.29, 1.82) is 0 Å². The first kappa shape index (κ1) is 21.6. The first-order valence-corrected chi connectivity index (χ1v) is 14.8. The molecule has 186 valence electrons. The molecule has 1 aromatic carbocycles. The molecule has 3 aliphatic carbocycles. The Balaban J connectivity index is 1.10. The lowest BCUT2D eigenvalue weighted by Gasteiger charge is -2.55. The number of hydrogen-bond acceptors (Lipinski definition) is 3. The van der Waals surface area contributed by atoms with Gasteiger partial charge in [-0.25, -0.2) is 0 Å². The molecule has 2 bridgehead atoms. The van der Waals surface area contributed by atoms with Crippen LogP contribution in [0.1, 0.15) is 82.3 Å². The molecule has 0 amide bonds. The Morgan fingerprint density at radius 1 is 0.914 bits per heavy atom. The van der Waals surface area contributed by atoms with Gasteiger partial charge in [-0.2, -0.15) is 0 Å². The summed E-state index contributed by atoms with van der Waals surface area (Å²) in [4.78, 5) is 5.66. The largest absolute Gasteiger partial charge is 0.359 e. The number of benzene rings is 1. The van der Waals surface area contributed by atoms with Crippen LogP contribution in [0.4, 0.5) is 0 Å². The summed E-state index contributed by atoms with van der Waals surface area (Å²) in [5.74, 6) is 0.668. The normalized spacial score (nSPS) is 44.8. The van der Waals surface area contributed by atoms with Crippen molar-refractivity contribution in [2.24, 2.45) is 11.3 Å². The number of nitrogens with zero attached hydrogens (tertiary/aromatic N) is 2. The van der Waals surface area contributed by atoms with Crippen molar-refractivity contribution < 1.29 is 4.74 Å². The molecule has 7 aliphatic rings. The summed E-state index contributed by atoms with van der Waals surface area (Å²) in [6, 6.07) is 10.6. The van der Waals surface area contributed by atoms with Crippen LogP contribution in [-0.4, -0.2) is 52.7 Å². The average molecular weight is 471 g/mol. The maximum Gasteiger partial charge on any atom is 0.0975 e. The summed E-state index contributed by atoms with van der Waals surface area (Å²) in [5.41, 5.74) is 6.73. The Labute approximate surface area is 211 Å². The third-order valence-corrected chi connectivity index (χ3v) is 11.9. The Morgan fingerprint density at radius 3 is 2.66 bits per heavy atom. The third-order valence-electron chi connectivity index (χ3n) is 11.9. The van der Waals surface area contributed by atoms with Crippen molar-refractivity contribution in [2.75, 3.05) is 19.6 Å². The molecule has 4 fully saturated rings. The topological polar surface area (TPSA) is 15.7 Å². The second-order valence-electron chi connectivity index (χ2n) is 13.3. The van der Waals surface area contributed by atoms with Gasteiger partial charge in [0.2, 0.25) is 0 Å². The van der Waals surface area contributed by atoms with E-state index in [0.717, 1.165) is 12.6 Å². The van der Waals surface area contributed by atoms with Crippen LogP contribution in [-0.2, 0) is 17.7 Å². The minimum atomic E-state index is -0.00809. The summed E-state index contributed by atoms with van der Waals surface area (Å²) >= 11 is 0. The van der Waals surface area contributed by atoms with E-state index in [9.17, 15) is 0 Å². The van der Waals surface area contributed by atoms with Crippen molar-refractivity contribution in [1.82, 2.24) is 9.80 Å². The molecule has 2 spiro atoms. The van der Waals surface area contributed by atoms with E-state index < -0.39 is 0 Å². The molecule has 8 rings (SSSR count). The summed E-state index contributed by atoms with van der Waals surface area (Å²) < 4.78 is 7.56. The monoisotopic (exact) mass is 470 g/mol. The maximum atomic E-state index is 7.56. The number of hydrogen-bond donors (Lipinski definition) is 0. The smallest absolute Gasteiger partial charge is 0.0975 e. The van der Waals surface area contributed by atoms with E-state index in [-0.39, 0.29) is 11.2 Å². The van der Waals surface area contributed by atoms with Crippen LogP contribution in [0.15, 0.2) is 47.6 Å². The van der Waals surface area contributed by atoms with Gasteiger partial charge >= 0.3 is 0 Å². The first-order valence-electron chi connectivity index (χ1n) is 14.8. The second kappa shape index (κ2) is 7.55. The number of ether oxygens (including phenoxy) is 1. The van der Waals surface area contributed by atoms with Crippen molar-refractivity contribution >= 4 is 0 Å². The molecule has 4 aliphatic heterocycles. The Kier molecular flexibility index (Phi) is 4.67. The Hall–Kier alpha value is -1.42. The van der Waals surface area contributed by atoms with Gasteiger partial charge in [-0.05, 0) is 117 Å². The molecule has 35 heavy (non-hydrogen) atoms. The number of rotatable bonds is 2. The summed E-state index contributed by atoms with van der Waals surface area (Å²) in [5, 5.41) is 0. The predicted octanol–water partition coefficient (Wildman–Crippen LogP) is 6.04. The molecule has 6 atom stereocenters. The molecule has 2 saturated heterocycles. The summed E-state index contributed by atoms with van der Waals surface area (Å²) in [6.07, 6.45) is 19.6. The zero-order chi connectivity index (χ0) is 23.3. The van der Waals surface area contributed by atoms with Gasteiger partial charge in [-0.3, -0.25) is 4.90 Å². The van der Waals surface area contributed by atoms with Crippen LogP contribution < -0.4 is 0 Å². The SMILES string of the molecule is C[C@]12CC=C3C=C4CC[C@@H](N5CCCC5)CC45CC[C@]3(O5)[C@@H]1CC[C@@H]2N1CCc2ccccc2C1. The molecule has 3 nitrogen and oxygen atoms in total. The molecule has 1 aromatic rings. The minimum Gasteiger partial charge on any atom is -0.359 e. The van der Waals surface area contributed by atoms with E-state index in [4.69, 9.17) is 4.74 Å². The van der Waals surface area contributed by atoms with Crippen molar-refractivity contribution in [3.63, 3.8) is 0 Å². The lowest BCUT2D eigenvalue weighted by molar-refractivity contribution is -0.144. The minimum absolute atomic E-state index is 0.00809. The summed E-state index contributed by atoms with van der Waals surface area (Å²) in [7, 11) is 0. The van der Waals surface area contributed by atoms with E-state index in [1.165, 1.54) is 90.3 Å². The van der Waals surface area contributed by atoms with Gasteiger partial charge < -0.3 is 9.64 Å². The van der Waals surface area contributed by atoms with Crippen molar-refractivity contribution in [3.05, 3.63) is 58.7 Å². The van der Waals surface area contributed by atoms with Crippen molar-refractivity contribution in [2.45, 2.75) is 107 Å². The number of allylic oxidation sites excluding steroid dienone is 1. The molecular weight excluding hydrogens is 428 g/mol. The van der Waals surface area contributed by atoms with Gasteiger partial charge in [0.15, 0.2) is 0 Å². The molecular formula is C32H42N2O. The molecule has 4 heterocycles. The molecule has 3 heteroatoms. The predicted molar refractivity (Wildman–Crippen MR) is 140 cm³/mol. The van der Waals surface area contributed by atoms with Gasteiger partial charge in [0, 0.05) is 25.2 Å². The van der Waals surface area contributed by atoms with Crippen molar-refractivity contribution in [3.8, 4) is 0 Å². The van der Waals surface area contributed by atoms with E-state index in [1.54, 1.807) is 22.3 Å². The first-order chi connectivity index (χ1) is 17.1. The van der Waals surface area contributed by atoms with Crippen LogP contribution >= 0.6 is 0 Å². The second-order valence-corrected chi connectivity index (χ2v) is 13.3. The highest BCUT2D eigenvalue weighted by molar-refractivity contribution is 5.47. The average Bonchev–Trinajstić information content (AvgIpc) is 3.60. The van der Waals surface area contributed by atoms with Crippen LogP contribution in [0.25, 0.3) is 0 Å². The van der Waals surface area contributed by atoms with Gasteiger partial charge in [-0.1, -0.05) is 43.3 Å². The van der Waals surface area contributed by atoms with Gasteiger partial charge in [0.25, 0.3) is 0 Å². The number of fused-ring (bicyclic) bond motifs is 2. The Morgan fingerprint density at radius 2 is 1.77 bits per heavy atom. The maximum absolute atomic E-state index is 7.56. The highest BCUT2D eigenvalue weighted by Gasteiger charge is 2.67. The molecule has 1 unspecified atom stereocenters. The third kappa shape index (κ3) is 2.95. The van der Waals surface area contributed by atoms with Crippen LogP contribution in [0.3, 0.4) is 0 Å². The summed E-state index contributed by atoms with van der Waals surface area (Å²) in [6.45, 7) is 7.63. The fourth-order valence-electron chi connectivity index (χ4n) is 10.2. The highest BCUT2D eigenvalue weighted by Crippen LogP contribution is 2.67. The van der Waals surface area contributed by atoms with E-state index in [2.05, 4.69) is 53.1 Å². The lowest BCUT2D eigenvalue weighted by Crippen LogP contribution is -2.57. The highest BCUT2D eigenvalue weighted by atomic mass is 16.5.